The third kappa shape index (κ3) is 4.73. The third-order valence-corrected chi connectivity index (χ3v) is 6.39. The number of carbonyl (C=O) groups is 1. The van der Waals surface area contributed by atoms with Gasteiger partial charge in [-0.05, 0) is 61.9 Å². The number of nitrogens with two attached hydrogens (primary N) is 1. The molecule has 7 heteroatoms. The predicted octanol–water partition coefficient (Wildman–Crippen LogP) is 4.33. The second-order valence-corrected chi connectivity index (χ2v) is 8.66. The van der Waals surface area contributed by atoms with Crippen molar-refractivity contribution >= 4 is 28.7 Å². The summed E-state index contributed by atoms with van der Waals surface area (Å²) in [5, 5.41) is 3.14. The Bertz CT molecular complexity index is 1230. The van der Waals surface area contributed by atoms with Crippen molar-refractivity contribution < 1.29 is 4.79 Å². The zero-order valence-corrected chi connectivity index (χ0v) is 18.4. The molecule has 0 spiro atoms. The number of benzene rings is 2. The first kappa shape index (κ1) is 21.2. The van der Waals surface area contributed by atoms with Gasteiger partial charge < -0.3 is 21.0 Å². The number of hydrogen-bond acceptors (Lipinski definition) is 4. The highest BCUT2D eigenvalue weighted by Crippen LogP contribution is 2.29. The first-order valence-electron chi connectivity index (χ1n) is 11.5. The van der Waals surface area contributed by atoms with Gasteiger partial charge in [0.05, 0.1) is 22.9 Å². The molecule has 5 rings (SSSR count). The van der Waals surface area contributed by atoms with E-state index in [9.17, 15) is 4.79 Å². The predicted molar refractivity (Wildman–Crippen MR) is 131 cm³/mol. The summed E-state index contributed by atoms with van der Waals surface area (Å²) in [5.41, 5.74) is 10.1. The van der Waals surface area contributed by atoms with Crippen molar-refractivity contribution in [3.05, 3.63) is 72.2 Å². The van der Waals surface area contributed by atoms with E-state index >= 15 is 0 Å². The summed E-state index contributed by atoms with van der Waals surface area (Å²) in [6.45, 7) is 0.699. The van der Waals surface area contributed by atoms with Crippen molar-refractivity contribution in [2.75, 3.05) is 6.54 Å². The lowest BCUT2D eigenvalue weighted by Gasteiger charge is -2.27. The lowest BCUT2D eigenvalue weighted by molar-refractivity contribution is -0.124. The Hall–Kier alpha value is -3.71. The summed E-state index contributed by atoms with van der Waals surface area (Å²) in [6, 6.07) is 17.8. The zero-order chi connectivity index (χ0) is 22.6. The van der Waals surface area contributed by atoms with E-state index in [1.165, 1.54) is 0 Å². The van der Waals surface area contributed by atoms with E-state index in [0.29, 0.717) is 29.8 Å². The quantitative estimate of drug-likeness (QED) is 0.357. The van der Waals surface area contributed by atoms with E-state index in [1.54, 1.807) is 6.20 Å². The SMILES string of the molecule is NCC1CCC(C(=O)NC(=Cc2ccccc2)c2ncc(-c3nc4ccccc4[nH]3)[nH]2)CC1. The van der Waals surface area contributed by atoms with Gasteiger partial charge in [-0.15, -0.1) is 0 Å². The number of fused-ring (bicyclic) bond motifs is 1. The Morgan fingerprint density at radius 2 is 1.79 bits per heavy atom. The minimum atomic E-state index is -0.00298. The molecule has 1 amide bonds. The Kier molecular flexibility index (Phi) is 6.04. The maximum atomic E-state index is 13.1. The number of nitrogens with zero attached hydrogens (tertiary/aromatic N) is 2. The van der Waals surface area contributed by atoms with Gasteiger partial charge in [-0.1, -0.05) is 42.5 Å². The normalized spacial score (nSPS) is 19.0. The summed E-state index contributed by atoms with van der Waals surface area (Å²) >= 11 is 0. The highest BCUT2D eigenvalue weighted by molar-refractivity contribution is 5.92. The second kappa shape index (κ2) is 9.42. The Labute approximate surface area is 192 Å². The summed E-state index contributed by atoms with van der Waals surface area (Å²) < 4.78 is 0. The Morgan fingerprint density at radius 1 is 1.03 bits per heavy atom. The van der Waals surface area contributed by atoms with Crippen LogP contribution in [0.3, 0.4) is 0 Å². The van der Waals surface area contributed by atoms with Gasteiger partial charge in [-0.25, -0.2) is 9.97 Å². The molecule has 2 aromatic heterocycles. The maximum Gasteiger partial charge on any atom is 0.227 e. The van der Waals surface area contributed by atoms with E-state index in [1.807, 2.05) is 60.7 Å². The molecule has 1 saturated carbocycles. The van der Waals surface area contributed by atoms with Gasteiger partial charge in [0.1, 0.15) is 5.69 Å². The number of aromatic amines is 2. The average Bonchev–Trinajstić information content (AvgIpc) is 3.52. The number of carbonyl (C=O) groups excluding carboxylic acids is 1. The van der Waals surface area contributed by atoms with Gasteiger partial charge in [0.2, 0.25) is 5.91 Å². The van der Waals surface area contributed by atoms with Crippen LogP contribution in [-0.4, -0.2) is 32.4 Å². The summed E-state index contributed by atoms with van der Waals surface area (Å²) in [5.74, 6) is 1.87. The molecule has 33 heavy (non-hydrogen) atoms. The average molecular weight is 441 g/mol. The molecule has 1 aliphatic carbocycles. The van der Waals surface area contributed by atoms with Crippen LogP contribution in [0, 0.1) is 11.8 Å². The number of hydrogen-bond donors (Lipinski definition) is 4. The number of amides is 1. The van der Waals surface area contributed by atoms with E-state index in [-0.39, 0.29) is 11.8 Å². The fraction of sp³-hybridized carbons (Fsp3) is 0.269. The molecule has 1 fully saturated rings. The minimum absolute atomic E-state index is 0.00298. The van der Waals surface area contributed by atoms with Crippen molar-refractivity contribution in [2.24, 2.45) is 17.6 Å². The van der Waals surface area contributed by atoms with E-state index in [2.05, 4.69) is 25.3 Å². The number of aromatic nitrogens is 4. The molecule has 0 saturated heterocycles. The molecule has 4 aromatic rings. The molecular formula is C26H28N6O. The molecule has 0 bridgehead atoms. The lowest BCUT2D eigenvalue weighted by atomic mass is 9.81. The van der Waals surface area contributed by atoms with Gasteiger partial charge in [-0.3, -0.25) is 4.79 Å². The number of nitrogens with one attached hydrogen (secondary N) is 3. The topological polar surface area (TPSA) is 112 Å². The van der Waals surface area contributed by atoms with E-state index < -0.39 is 0 Å². The largest absolute Gasteiger partial charge is 0.337 e. The third-order valence-electron chi connectivity index (χ3n) is 6.39. The van der Waals surface area contributed by atoms with E-state index in [0.717, 1.165) is 48.0 Å². The van der Waals surface area contributed by atoms with Gasteiger partial charge in [0.15, 0.2) is 11.6 Å². The molecule has 5 N–H and O–H groups in total. The van der Waals surface area contributed by atoms with Crippen LogP contribution in [0.1, 0.15) is 37.1 Å². The van der Waals surface area contributed by atoms with Crippen molar-refractivity contribution in [1.82, 2.24) is 25.3 Å². The van der Waals surface area contributed by atoms with Crippen molar-refractivity contribution in [1.29, 1.82) is 0 Å². The minimum Gasteiger partial charge on any atom is -0.337 e. The standard InChI is InChI=1S/C26H28N6O/c27-15-18-10-12-19(13-11-18)26(33)32-22(14-17-6-2-1-3-7-17)24-28-16-23(31-24)25-29-20-8-4-5-9-21(20)30-25/h1-9,14,16,18-19H,10-13,15,27H2,(H,28,31)(H,29,30)(H,32,33). The summed E-state index contributed by atoms with van der Waals surface area (Å²) in [6.07, 6.45) is 7.44. The molecule has 1 aliphatic rings. The van der Waals surface area contributed by atoms with Crippen LogP contribution in [0.2, 0.25) is 0 Å². The van der Waals surface area contributed by atoms with Gasteiger partial charge >= 0.3 is 0 Å². The van der Waals surface area contributed by atoms with Crippen LogP contribution in [0.25, 0.3) is 34.3 Å². The fourth-order valence-electron chi connectivity index (χ4n) is 4.43. The molecule has 0 atom stereocenters. The Morgan fingerprint density at radius 3 is 2.55 bits per heavy atom. The Balaban J connectivity index is 1.41. The van der Waals surface area contributed by atoms with Crippen LogP contribution < -0.4 is 11.1 Å². The lowest BCUT2D eigenvalue weighted by Crippen LogP contribution is -2.33. The first-order chi connectivity index (χ1) is 16.2. The van der Waals surface area contributed by atoms with Gasteiger partial charge in [-0.2, -0.15) is 0 Å². The highest BCUT2D eigenvalue weighted by Gasteiger charge is 2.26. The van der Waals surface area contributed by atoms with Crippen LogP contribution in [0.4, 0.5) is 0 Å². The molecule has 0 aliphatic heterocycles. The monoisotopic (exact) mass is 440 g/mol. The fourth-order valence-corrected chi connectivity index (χ4v) is 4.43. The van der Waals surface area contributed by atoms with Crippen LogP contribution in [-0.2, 0) is 4.79 Å². The van der Waals surface area contributed by atoms with Crippen LogP contribution in [0.15, 0.2) is 60.8 Å². The smallest absolute Gasteiger partial charge is 0.227 e. The molecule has 0 radical (unpaired) electrons. The number of H-pyrrole nitrogens is 2. The number of rotatable bonds is 6. The summed E-state index contributed by atoms with van der Waals surface area (Å²) in [7, 11) is 0. The molecular weight excluding hydrogens is 412 g/mol. The van der Waals surface area contributed by atoms with Crippen molar-refractivity contribution in [3.8, 4) is 11.5 Å². The molecule has 2 heterocycles. The van der Waals surface area contributed by atoms with Crippen LogP contribution in [0.5, 0.6) is 0 Å². The van der Waals surface area contributed by atoms with Crippen LogP contribution >= 0.6 is 0 Å². The zero-order valence-electron chi connectivity index (χ0n) is 18.4. The molecule has 2 aromatic carbocycles. The molecule has 168 valence electrons. The van der Waals surface area contributed by atoms with Crippen molar-refractivity contribution in [3.63, 3.8) is 0 Å². The maximum absolute atomic E-state index is 13.1. The second-order valence-electron chi connectivity index (χ2n) is 8.66. The molecule has 0 unspecified atom stereocenters. The highest BCUT2D eigenvalue weighted by atomic mass is 16.1. The molecule has 7 nitrogen and oxygen atoms in total. The number of imidazole rings is 2. The van der Waals surface area contributed by atoms with Crippen molar-refractivity contribution in [2.45, 2.75) is 25.7 Å². The first-order valence-corrected chi connectivity index (χ1v) is 11.5. The number of para-hydroxylation sites is 2. The van der Waals surface area contributed by atoms with Gasteiger partial charge in [0, 0.05) is 5.92 Å². The van der Waals surface area contributed by atoms with Gasteiger partial charge in [0.25, 0.3) is 0 Å². The summed E-state index contributed by atoms with van der Waals surface area (Å²) in [4.78, 5) is 29.0. The van der Waals surface area contributed by atoms with E-state index in [4.69, 9.17) is 5.73 Å².